The Balaban J connectivity index is 1.88. The average molecular weight is 267 g/mol. The van der Waals surface area contributed by atoms with Gasteiger partial charge < -0.3 is 10.0 Å². The van der Waals surface area contributed by atoms with Crippen molar-refractivity contribution in [1.82, 2.24) is 4.90 Å². The number of thiophene rings is 1. The lowest BCUT2D eigenvalue weighted by molar-refractivity contribution is -0.0414. The van der Waals surface area contributed by atoms with Crippen LogP contribution in [0.3, 0.4) is 0 Å². The number of hydrogen-bond donors (Lipinski definition) is 1. The van der Waals surface area contributed by atoms with Crippen molar-refractivity contribution in [2.45, 2.75) is 45.8 Å². The molecule has 0 bridgehead atoms. The molecule has 18 heavy (non-hydrogen) atoms. The molecular weight excluding hydrogens is 242 g/mol. The minimum atomic E-state index is -0.156. The van der Waals surface area contributed by atoms with Crippen molar-refractivity contribution in [2.24, 2.45) is 11.3 Å². The molecule has 0 radical (unpaired) electrons. The van der Waals surface area contributed by atoms with Crippen molar-refractivity contribution < 1.29 is 5.11 Å². The Morgan fingerprint density at radius 3 is 2.94 bits per heavy atom. The SMILES string of the molecule is CN(Cc1ccsc1)CC1CCCC(C)(C)C1O. The minimum absolute atomic E-state index is 0.0894. The van der Waals surface area contributed by atoms with E-state index in [2.05, 4.69) is 42.6 Å². The molecular formula is C15H25NOS. The Bertz CT molecular complexity index is 361. The van der Waals surface area contributed by atoms with Crippen LogP contribution in [0.25, 0.3) is 0 Å². The van der Waals surface area contributed by atoms with E-state index in [0.717, 1.165) is 19.5 Å². The molecule has 1 heterocycles. The standard InChI is InChI=1S/C15H25NOS/c1-15(2)7-4-5-13(14(15)17)10-16(3)9-12-6-8-18-11-12/h6,8,11,13-14,17H,4-5,7,9-10H2,1-3H3. The lowest BCUT2D eigenvalue weighted by atomic mass is 9.69. The topological polar surface area (TPSA) is 23.5 Å². The molecule has 0 saturated heterocycles. The van der Waals surface area contributed by atoms with Gasteiger partial charge in [0.1, 0.15) is 0 Å². The Morgan fingerprint density at radius 1 is 1.50 bits per heavy atom. The maximum Gasteiger partial charge on any atom is 0.0631 e. The van der Waals surface area contributed by atoms with Crippen LogP contribution in [0.15, 0.2) is 16.8 Å². The van der Waals surface area contributed by atoms with Gasteiger partial charge in [0.05, 0.1) is 6.10 Å². The normalized spacial score (nSPS) is 27.6. The van der Waals surface area contributed by atoms with Gasteiger partial charge in [0.15, 0.2) is 0 Å². The highest BCUT2D eigenvalue weighted by molar-refractivity contribution is 7.07. The molecule has 0 amide bonds. The predicted octanol–water partition coefficient (Wildman–Crippen LogP) is 3.37. The highest BCUT2D eigenvalue weighted by Gasteiger charge is 2.37. The lowest BCUT2D eigenvalue weighted by Gasteiger charge is -2.42. The van der Waals surface area contributed by atoms with Crippen molar-refractivity contribution in [1.29, 1.82) is 0 Å². The third-order valence-electron chi connectivity index (χ3n) is 4.22. The molecule has 1 saturated carbocycles. The molecule has 0 aromatic carbocycles. The molecule has 102 valence electrons. The third kappa shape index (κ3) is 3.34. The summed E-state index contributed by atoms with van der Waals surface area (Å²) in [6.07, 6.45) is 3.41. The molecule has 1 aromatic rings. The van der Waals surface area contributed by atoms with E-state index < -0.39 is 0 Å². The van der Waals surface area contributed by atoms with Gasteiger partial charge in [-0.25, -0.2) is 0 Å². The maximum absolute atomic E-state index is 10.4. The summed E-state index contributed by atoms with van der Waals surface area (Å²) in [7, 11) is 2.16. The van der Waals surface area contributed by atoms with E-state index in [0.29, 0.717) is 5.92 Å². The molecule has 1 aliphatic carbocycles. The molecule has 2 unspecified atom stereocenters. The second kappa shape index (κ2) is 5.72. The van der Waals surface area contributed by atoms with Crippen LogP contribution in [0.5, 0.6) is 0 Å². The largest absolute Gasteiger partial charge is 0.392 e. The van der Waals surface area contributed by atoms with E-state index in [1.54, 1.807) is 11.3 Å². The summed E-state index contributed by atoms with van der Waals surface area (Å²) in [5.41, 5.74) is 1.47. The fourth-order valence-electron chi connectivity index (χ4n) is 3.11. The summed E-state index contributed by atoms with van der Waals surface area (Å²) in [6.45, 7) is 6.39. The van der Waals surface area contributed by atoms with Gasteiger partial charge in [-0.15, -0.1) is 0 Å². The van der Waals surface area contributed by atoms with Gasteiger partial charge in [0.25, 0.3) is 0 Å². The molecule has 1 aliphatic rings. The maximum atomic E-state index is 10.4. The summed E-state index contributed by atoms with van der Waals surface area (Å²) in [6, 6.07) is 2.18. The number of rotatable bonds is 4. The Hall–Kier alpha value is -0.380. The van der Waals surface area contributed by atoms with E-state index in [9.17, 15) is 5.11 Å². The molecule has 1 N–H and O–H groups in total. The first-order valence-electron chi connectivity index (χ1n) is 6.87. The lowest BCUT2D eigenvalue weighted by Crippen LogP contribution is -2.44. The van der Waals surface area contributed by atoms with Crippen LogP contribution in [0.1, 0.15) is 38.7 Å². The fourth-order valence-corrected chi connectivity index (χ4v) is 3.77. The molecule has 2 nitrogen and oxygen atoms in total. The first kappa shape index (κ1) is 14.0. The van der Waals surface area contributed by atoms with Crippen LogP contribution in [-0.2, 0) is 6.54 Å². The summed E-state index contributed by atoms with van der Waals surface area (Å²) in [5, 5.41) is 14.8. The smallest absolute Gasteiger partial charge is 0.0631 e. The highest BCUT2D eigenvalue weighted by atomic mass is 32.1. The van der Waals surface area contributed by atoms with Crippen LogP contribution in [0, 0.1) is 11.3 Å². The summed E-state index contributed by atoms with van der Waals surface area (Å²) < 4.78 is 0. The van der Waals surface area contributed by atoms with Crippen molar-refractivity contribution in [3.8, 4) is 0 Å². The zero-order valence-corrected chi connectivity index (χ0v) is 12.5. The third-order valence-corrected chi connectivity index (χ3v) is 4.95. The first-order valence-corrected chi connectivity index (χ1v) is 7.81. The fraction of sp³-hybridized carbons (Fsp3) is 0.733. The predicted molar refractivity (Wildman–Crippen MR) is 77.8 cm³/mol. The Labute approximate surface area is 115 Å². The van der Waals surface area contributed by atoms with Crippen molar-refractivity contribution in [3.63, 3.8) is 0 Å². The van der Waals surface area contributed by atoms with Gasteiger partial charge in [-0.3, -0.25) is 0 Å². The zero-order chi connectivity index (χ0) is 13.2. The summed E-state index contributed by atoms with van der Waals surface area (Å²) in [5.74, 6) is 0.428. The van der Waals surface area contributed by atoms with Crippen LogP contribution >= 0.6 is 11.3 Å². The summed E-state index contributed by atoms with van der Waals surface area (Å²) in [4.78, 5) is 2.34. The second-order valence-electron chi connectivity index (χ2n) is 6.41. The Morgan fingerprint density at radius 2 is 2.28 bits per heavy atom. The van der Waals surface area contributed by atoms with E-state index in [1.165, 1.54) is 18.4 Å². The van der Waals surface area contributed by atoms with Gasteiger partial charge in [-0.05, 0) is 53.6 Å². The highest BCUT2D eigenvalue weighted by Crippen LogP contribution is 2.39. The first-order chi connectivity index (χ1) is 8.49. The summed E-state index contributed by atoms with van der Waals surface area (Å²) >= 11 is 1.75. The molecule has 3 heteroatoms. The molecule has 1 fully saturated rings. The van der Waals surface area contributed by atoms with Crippen molar-refractivity contribution in [2.75, 3.05) is 13.6 Å². The van der Waals surface area contributed by atoms with Crippen LogP contribution < -0.4 is 0 Å². The van der Waals surface area contributed by atoms with Crippen molar-refractivity contribution in [3.05, 3.63) is 22.4 Å². The number of nitrogens with zero attached hydrogens (tertiary/aromatic N) is 1. The molecule has 2 atom stereocenters. The number of aliphatic hydroxyl groups is 1. The minimum Gasteiger partial charge on any atom is -0.392 e. The van der Waals surface area contributed by atoms with Gasteiger partial charge in [0, 0.05) is 13.1 Å². The average Bonchev–Trinajstić information content (AvgIpc) is 2.77. The number of hydrogen-bond acceptors (Lipinski definition) is 3. The van der Waals surface area contributed by atoms with Gasteiger partial charge in [0.2, 0.25) is 0 Å². The monoisotopic (exact) mass is 267 g/mol. The van der Waals surface area contributed by atoms with Crippen LogP contribution in [0.2, 0.25) is 0 Å². The Kier molecular flexibility index (Phi) is 4.46. The molecule has 0 aliphatic heterocycles. The van der Waals surface area contributed by atoms with Gasteiger partial charge in [-0.2, -0.15) is 11.3 Å². The van der Waals surface area contributed by atoms with Gasteiger partial charge >= 0.3 is 0 Å². The quantitative estimate of drug-likeness (QED) is 0.904. The molecule has 0 spiro atoms. The van der Waals surface area contributed by atoms with E-state index in [1.807, 2.05) is 0 Å². The zero-order valence-electron chi connectivity index (χ0n) is 11.7. The van der Waals surface area contributed by atoms with Gasteiger partial charge in [-0.1, -0.05) is 20.3 Å². The number of aliphatic hydroxyl groups excluding tert-OH is 1. The van der Waals surface area contributed by atoms with E-state index >= 15 is 0 Å². The van der Waals surface area contributed by atoms with Crippen molar-refractivity contribution >= 4 is 11.3 Å². The van der Waals surface area contributed by atoms with E-state index in [4.69, 9.17) is 0 Å². The van der Waals surface area contributed by atoms with E-state index in [-0.39, 0.29) is 11.5 Å². The molecule has 2 rings (SSSR count). The molecule has 1 aromatic heterocycles. The van der Waals surface area contributed by atoms with Crippen LogP contribution in [-0.4, -0.2) is 29.7 Å². The van der Waals surface area contributed by atoms with Crippen LogP contribution in [0.4, 0.5) is 0 Å². The second-order valence-corrected chi connectivity index (χ2v) is 7.19.